The number of rotatable bonds is 16. The van der Waals surface area contributed by atoms with Crippen LogP contribution in [0.2, 0.25) is 0 Å². The van der Waals surface area contributed by atoms with Crippen molar-refractivity contribution in [2.45, 2.75) is 77.0 Å². The van der Waals surface area contributed by atoms with Gasteiger partial charge in [0.15, 0.2) is 0 Å². The van der Waals surface area contributed by atoms with Crippen molar-refractivity contribution in [1.82, 2.24) is 0 Å². The highest BCUT2D eigenvalue weighted by Gasteiger charge is 2.15. The van der Waals surface area contributed by atoms with Gasteiger partial charge in [0.1, 0.15) is 0 Å². The van der Waals surface area contributed by atoms with E-state index in [9.17, 15) is 8.42 Å². The molecule has 0 amide bonds. The maximum atomic E-state index is 12.7. The number of unbranched alkanes of at least 4 members (excludes halogenated alkanes) is 6. The van der Waals surface area contributed by atoms with Crippen LogP contribution in [-0.4, -0.2) is 21.5 Å². The highest BCUT2D eigenvalue weighted by molar-refractivity contribution is 7.92. The van der Waals surface area contributed by atoms with Gasteiger partial charge in [0.05, 0.1) is 10.6 Å². The third-order valence-corrected chi connectivity index (χ3v) is 7.99. The monoisotopic (exact) mass is 521 g/mol. The van der Waals surface area contributed by atoms with Gasteiger partial charge in [0.2, 0.25) is 0 Å². The van der Waals surface area contributed by atoms with Gasteiger partial charge in [-0.15, -0.1) is 0 Å². The van der Waals surface area contributed by atoms with Crippen LogP contribution in [0.1, 0.15) is 70.8 Å². The van der Waals surface area contributed by atoms with Crippen molar-refractivity contribution >= 4 is 32.8 Å². The van der Waals surface area contributed by atoms with Crippen molar-refractivity contribution in [2.75, 3.05) is 28.0 Å². The molecule has 37 heavy (non-hydrogen) atoms. The van der Waals surface area contributed by atoms with Crippen LogP contribution in [0.3, 0.4) is 0 Å². The van der Waals surface area contributed by atoms with Gasteiger partial charge >= 0.3 is 0 Å². The molecule has 0 aliphatic heterocycles. The van der Waals surface area contributed by atoms with Crippen LogP contribution < -0.4 is 14.9 Å². The summed E-state index contributed by atoms with van der Waals surface area (Å²) in [5.41, 5.74) is 4.64. The Hall–Kier alpha value is -2.99. The molecule has 2 N–H and O–H groups in total. The number of aryl methyl sites for hydroxylation is 1. The van der Waals surface area contributed by atoms with Gasteiger partial charge in [-0.05, 0) is 79.9 Å². The minimum Gasteiger partial charge on any atom is -0.372 e. The molecule has 3 aromatic carbocycles. The molecule has 0 aliphatic carbocycles. The fourth-order valence-electron chi connectivity index (χ4n) is 4.41. The largest absolute Gasteiger partial charge is 0.372 e. The Bertz CT molecular complexity index is 1170. The molecule has 0 bridgehead atoms. The lowest BCUT2D eigenvalue weighted by atomic mass is 10.1. The van der Waals surface area contributed by atoms with Gasteiger partial charge in [0, 0.05) is 30.2 Å². The molecule has 0 aliphatic rings. The zero-order valence-corrected chi connectivity index (χ0v) is 23.5. The van der Waals surface area contributed by atoms with Gasteiger partial charge in [0.25, 0.3) is 10.0 Å². The molecule has 0 radical (unpaired) electrons. The molecule has 6 heteroatoms. The number of nitrogens with one attached hydrogen (secondary N) is 2. The van der Waals surface area contributed by atoms with Crippen molar-refractivity contribution in [3.63, 3.8) is 0 Å². The Labute approximate surface area is 224 Å². The molecule has 3 rings (SSSR count). The highest BCUT2D eigenvalue weighted by Crippen LogP contribution is 2.26. The molecule has 5 nitrogen and oxygen atoms in total. The number of benzene rings is 3. The van der Waals surface area contributed by atoms with E-state index in [0.29, 0.717) is 5.69 Å². The Kier molecular flexibility index (Phi) is 11.3. The Balaban J connectivity index is 1.63. The molecule has 0 saturated heterocycles. The second-order valence-corrected chi connectivity index (χ2v) is 11.4. The molecular formula is C31H43N3O2S. The minimum absolute atomic E-state index is 0.251. The van der Waals surface area contributed by atoms with Gasteiger partial charge in [-0.1, -0.05) is 70.6 Å². The van der Waals surface area contributed by atoms with Crippen LogP contribution in [0, 0.1) is 6.92 Å². The second kappa shape index (κ2) is 14.7. The minimum atomic E-state index is -3.62. The molecule has 3 aromatic rings. The van der Waals surface area contributed by atoms with Gasteiger partial charge in [-0.25, -0.2) is 8.42 Å². The fraction of sp³-hybridized carbons (Fsp3) is 0.419. The number of sulfonamides is 1. The van der Waals surface area contributed by atoms with E-state index in [1.54, 1.807) is 36.4 Å². The van der Waals surface area contributed by atoms with E-state index in [-0.39, 0.29) is 4.90 Å². The van der Waals surface area contributed by atoms with Crippen LogP contribution in [0.4, 0.5) is 22.7 Å². The first-order valence-electron chi connectivity index (χ1n) is 13.7. The molecule has 0 saturated carbocycles. The lowest BCUT2D eigenvalue weighted by molar-refractivity contribution is 0.601. The summed E-state index contributed by atoms with van der Waals surface area (Å²) in [5.74, 6) is 0. The summed E-state index contributed by atoms with van der Waals surface area (Å²) in [5, 5.41) is 3.46. The molecule has 200 valence electrons. The van der Waals surface area contributed by atoms with E-state index in [4.69, 9.17) is 0 Å². The summed E-state index contributed by atoms with van der Waals surface area (Å²) >= 11 is 0. The summed E-state index contributed by atoms with van der Waals surface area (Å²) in [6.45, 7) is 8.64. The van der Waals surface area contributed by atoms with Gasteiger partial charge < -0.3 is 10.2 Å². The van der Waals surface area contributed by atoms with Gasteiger partial charge in [-0.3, -0.25) is 4.72 Å². The molecular weight excluding hydrogens is 478 g/mol. The molecule has 0 aromatic heterocycles. The molecule has 0 fully saturated rings. The zero-order chi connectivity index (χ0) is 26.5. The summed E-state index contributed by atoms with van der Waals surface area (Å²) in [6, 6.07) is 22.8. The topological polar surface area (TPSA) is 61.4 Å². The summed E-state index contributed by atoms with van der Waals surface area (Å²) in [6.07, 6.45) is 10.2. The van der Waals surface area contributed by atoms with Crippen molar-refractivity contribution in [3.05, 3.63) is 78.4 Å². The van der Waals surface area contributed by atoms with Crippen molar-refractivity contribution in [1.29, 1.82) is 0 Å². The summed E-state index contributed by atoms with van der Waals surface area (Å²) < 4.78 is 28.1. The fourth-order valence-corrected chi connectivity index (χ4v) is 5.56. The average Bonchev–Trinajstić information content (AvgIpc) is 2.90. The van der Waals surface area contributed by atoms with E-state index in [0.717, 1.165) is 30.0 Å². The third kappa shape index (κ3) is 9.12. The SMILES string of the molecule is CCCCCCN(CCCCCC)c1ccc(Nc2ccc(NS(=O)(=O)c3ccccc3)c(C)c2)cc1. The molecule has 0 spiro atoms. The smallest absolute Gasteiger partial charge is 0.261 e. The van der Waals surface area contributed by atoms with E-state index in [2.05, 4.69) is 53.1 Å². The van der Waals surface area contributed by atoms with Crippen LogP contribution in [0.25, 0.3) is 0 Å². The number of anilines is 4. The predicted octanol–water partition coefficient (Wildman–Crippen LogP) is 8.51. The molecule has 0 unspecified atom stereocenters. The average molecular weight is 522 g/mol. The van der Waals surface area contributed by atoms with Crippen LogP contribution in [0.5, 0.6) is 0 Å². The number of hydrogen-bond donors (Lipinski definition) is 2. The quantitative estimate of drug-likeness (QED) is 0.185. The van der Waals surface area contributed by atoms with E-state index in [1.807, 2.05) is 19.1 Å². The van der Waals surface area contributed by atoms with Gasteiger partial charge in [-0.2, -0.15) is 0 Å². The lowest BCUT2D eigenvalue weighted by Gasteiger charge is -2.25. The normalized spacial score (nSPS) is 11.3. The lowest BCUT2D eigenvalue weighted by Crippen LogP contribution is -2.25. The van der Waals surface area contributed by atoms with Crippen molar-refractivity contribution in [2.24, 2.45) is 0 Å². The van der Waals surface area contributed by atoms with Crippen LogP contribution in [0.15, 0.2) is 77.7 Å². The van der Waals surface area contributed by atoms with E-state index in [1.165, 1.54) is 57.1 Å². The Morgan fingerprint density at radius 2 is 1.30 bits per heavy atom. The summed E-state index contributed by atoms with van der Waals surface area (Å²) in [7, 11) is -3.62. The highest BCUT2D eigenvalue weighted by atomic mass is 32.2. The Morgan fingerprint density at radius 1 is 0.703 bits per heavy atom. The third-order valence-electron chi connectivity index (χ3n) is 6.61. The second-order valence-electron chi connectivity index (χ2n) is 9.73. The van der Waals surface area contributed by atoms with E-state index < -0.39 is 10.0 Å². The van der Waals surface area contributed by atoms with Crippen molar-refractivity contribution in [3.8, 4) is 0 Å². The first-order valence-corrected chi connectivity index (χ1v) is 15.2. The first kappa shape index (κ1) is 28.6. The molecule has 0 heterocycles. The first-order chi connectivity index (χ1) is 17.9. The zero-order valence-electron chi connectivity index (χ0n) is 22.7. The predicted molar refractivity (Wildman–Crippen MR) is 159 cm³/mol. The maximum Gasteiger partial charge on any atom is 0.261 e. The standard InChI is InChI=1S/C31H43N3O2S/c1-4-6-8-13-23-34(24-14-9-7-5-2)29-20-17-27(18-21-29)32-28-19-22-31(26(3)25-28)33-37(35,36)30-15-11-10-12-16-30/h10-12,15-22,25,32-33H,4-9,13-14,23-24H2,1-3H3. The molecule has 0 atom stereocenters. The van der Waals surface area contributed by atoms with E-state index >= 15 is 0 Å². The van der Waals surface area contributed by atoms with Crippen LogP contribution in [-0.2, 0) is 10.0 Å². The summed E-state index contributed by atoms with van der Waals surface area (Å²) in [4.78, 5) is 2.79. The Morgan fingerprint density at radius 3 is 1.86 bits per heavy atom. The number of nitrogens with zero attached hydrogens (tertiary/aromatic N) is 1. The van der Waals surface area contributed by atoms with Crippen LogP contribution >= 0.6 is 0 Å². The van der Waals surface area contributed by atoms with Crippen molar-refractivity contribution < 1.29 is 8.42 Å². The maximum absolute atomic E-state index is 12.7. The number of hydrogen-bond acceptors (Lipinski definition) is 4.